The summed E-state index contributed by atoms with van der Waals surface area (Å²) in [5, 5.41) is 0. The molecule has 168 valence electrons. The summed E-state index contributed by atoms with van der Waals surface area (Å²) >= 11 is 0. The van der Waals surface area contributed by atoms with Crippen molar-refractivity contribution in [1.29, 1.82) is 0 Å². The second kappa shape index (κ2) is 11.9. The molecule has 1 heterocycles. The molecule has 0 spiro atoms. The van der Waals surface area contributed by atoms with Crippen molar-refractivity contribution < 1.29 is 19.1 Å². The number of likely N-dealkylation sites (N-methyl/N-ethyl adjacent to an activating group) is 1. The molecular weight excluding hydrogens is 396 g/mol. The van der Waals surface area contributed by atoms with Crippen LogP contribution in [0.4, 0.5) is 0 Å². The first-order chi connectivity index (χ1) is 14.9. The van der Waals surface area contributed by atoms with Crippen LogP contribution < -0.4 is 9.47 Å². The number of hydrogen-bond acceptors (Lipinski definition) is 6. The molecule has 2 aromatic rings. The highest BCUT2D eigenvalue weighted by Gasteiger charge is 2.19. The largest absolute Gasteiger partial charge is 0.493 e. The van der Waals surface area contributed by atoms with E-state index in [9.17, 15) is 9.59 Å². The highest BCUT2D eigenvalue weighted by Crippen LogP contribution is 2.27. The molecule has 0 aliphatic heterocycles. The first-order valence-corrected chi connectivity index (χ1v) is 10.4. The molecule has 0 saturated heterocycles. The van der Waals surface area contributed by atoms with Gasteiger partial charge in [0.2, 0.25) is 5.91 Å². The van der Waals surface area contributed by atoms with Gasteiger partial charge < -0.3 is 19.3 Å². The van der Waals surface area contributed by atoms with Gasteiger partial charge in [0.15, 0.2) is 11.5 Å². The van der Waals surface area contributed by atoms with Crippen LogP contribution in [0.1, 0.15) is 41.5 Å². The Morgan fingerprint density at radius 3 is 2.35 bits per heavy atom. The minimum Gasteiger partial charge on any atom is -0.493 e. The summed E-state index contributed by atoms with van der Waals surface area (Å²) < 4.78 is 10.6. The number of aromatic nitrogens is 2. The molecule has 0 saturated carbocycles. The van der Waals surface area contributed by atoms with Crippen LogP contribution in [0.5, 0.6) is 11.5 Å². The second-order valence-electron chi connectivity index (χ2n) is 7.34. The number of carbonyl (C=O) groups is 2. The van der Waals surface area contributed by atoms with Gasteiger partial charge in [-0.05, 0) is 37.5 Å². The SMILES string of the molecule is CCCN(CCC(=O)N(C)CCc1ccc(OC)c(OC)c1)C(=O)c1cnc(C)cn1. The fraction of sp³-hybridized carbons (Fsp3) is 0.478. The molecule has 1 aromatic heterocycles. The number of benzene rings is 1. The van der Waals surface area contributed by atoms with Crippen LogP contribution in [0.2, 0.25) is 0 Å². The van der Waals surface area contributed by atoms with E-state index < -0.39 is 0 Å². The van der Waals surface area contributed by atoms with Gasteiger partial charge in [-0.25, -0.2) is 4.98 Å². The van der Waals surface area contributed by atoms with Crippen molar-refractivity contribution in [1.82, 2.24) is 19.8 Å². The van der Waals surface area contributed by atoms with Crippen LogP contribution in [0.25, 0.3) is 0 Å². The van der Waals surface area contributed by atoms with Crippen LogP contribution in [0.3, 0.4) is 0 Å². The fourth-order valence-corrected chi connectivity index (χ4v) is 3.13. The average molecular weight is 429 g/mol. The Balaban J connectivity index is 1.90. The Hall–Kier alpha value is -3.16. The van der Waals surface area contributed by atoms with E-state index in [0.717, 1.165) is 17.7 Å². The van der Waals surface area contributed by atoms with Crippen molar-refractivity contribution in [3.05, 3.63) is 47.5 Å². The molecule has 31 heavy (non-hydrogen) atoms. The fourth-order valence-electron chi connectivity index (χ4n) is 3.13. The number of amides is 2. The van der Waals surface area contributed by atoms with E-state index in [2.05, 4.69) is 9.97 Å². The summed E-state index contributed by atoms with van der Waals surface area (Å²) in [7, 11) is 4.98. The number of methoxy groups -OCH3 is 2. The number of carbonyl (C=O) groups excluding carboxylic acids is 2. The summed E-state index contributed by atoms with van der Waals surface area (Å²) in [6.45, 7) is 5.30. The quantitative estimate of drug-likeness (QED) is 0.547. The van der Waals surface area contributed by atoms with Crippen LogP contribution in [0.15, 0.2) is 30.6 Å². The molecule has 2 rings (SSSR count). The summed E-state index contributed by atoms with van der Waals surface area (Å²) in [5.41, 5.74) is 2.11. The lowest BCUT2D eigenvalue weighted by atomic mass is 10.1. The first kappa shape index (κ1) is 24.1. The number of aryl methyl sites for hydroxylation is 1. The van der Waals surface area contributed by atoms with Crippen molar-refractivity contribution in [3.63, 3.8) is 0 Å². The molecule has 0 bridgehead atoms. The number of ether oxygens (including phenoxy) is 2. The molecule has 0 atom stereocenters. The van der Waals surface area contributed by atoms with Gasteiger partial charge >= 0.3 is 0 Å². The van der Waals surface area contributed by atoms with Crippen molar-refractivity contribution in [2.24, 2.45) is 0 Å². The van der Waals surface area contributed by atoms with Crippen LogP contribution in [0, 0.1) is 6.92 Å². The van der Waals surface area contributed by atoms with Crippen molar-refractivity contribution in [2.75, 3.05) is 40.9 Å². The molecule has 2 amide bonds. The zero-order chi connectivity index (χ0) is 22.8. The van der Waals surface area contributed by atoms with Gasteiger partial charge in [0.1, 0.15) is 5.69 Å². The first-order valence-electron chi connectivity index (χ1n) is 10.4. The molecule has 0 N–H and O–H groups in total. The average Bonchev–Trinajstić information content (AvgIpc) is 2.79. The Bertz CT molecular complexity index is 870. The van der Waals surface area contributed by atoms with Gasteiger partial charge in [-0.1, -0.05) is 13.0 Å². The Kier molecular flexibility index (Phi) is 9.24. The molecule has 8 nitrogen and oxygen atoms in total. The van der Waals surface area contributed by atoms with Gasteiger partial charge in [0, 0.05) is 39.3 Å². The molecule has 0 aliphatic carbocycles. The third-order valence-corrected chi connectivity index (χ3v) is 4.99. The van der Waals surface area contributed by atoms with E-state index in [-0.39, 0.29) is 18.2 Å². The molecule has 0 radical (unpaired) electrons. The van der Waals surface area contributed by atoms with Crippen molar-refractivity contribution in [3.8, 4) is 11.5 Å². The molecular formula is C23H32N4O4. The van der Waals surface area contributed by atoms with E-state index in [1.54, 1.807) is 37.3 Å². The van der Waals surface area contributed by atoms with E-state index in [1.807, 2.05) is 32.0 Å². The van der Waals surface area contributed by atoms with Crippen LogP contribution in [-0.2, 0) is 11.2 Å². The van der Waals surface area contributed by atoms with Gasteiger partial charge in [-0.3, -0.25) is 14.6 Å². The monoisotopic (exact) mass is 428 g/mol. The topological polar surface area (TPSA) is 84.9 Å². The number of nitrogens with zero attached hydrogens (tertiary/aromatic N) is 4. The van der Waals surface area contributed by atoms with Gasteiger partial charge in [0.25, 0.3) is 5.91 Å². The zero-order valence-corrected chi connectivity index (χ0v) is 19.1. The summed E-state index contributed by atoms with van der Waals surface area (Å²) in [5.74, 6) is 1.14. The highest BCUT2D eigenvalue weighted by atomic mass is 16.5. The molecule has 0 fully saturated rings. The molecule has 0 unspecified atom stereocenters. The highest BCUT2D eigenvalue weighted by molar-refractivity contribution is 5.92. The van der Waals surface area contributed by atoms with Gasteiger partial charge in [0.05, 0.1) is 26.1 Å². The van der Waals surface area contributed by atoms with Crippen LogP contribution in [-0.4, -0.2) is 72.5 Å². The third-order valence-electron chi connectivity index (χ3n) is 4.99. The predicted molar refractivity (Wildman–Crippen MR) is 118 cm³/mol. The van der Waals surface area contributed by atoms with E-state index in [0.29, 0.717) is 43.2 Å². The lowest BCUT2D eigenvalue weighted by molar-refractivity contribution is -0.130. The Morgan fingerprint density at radius 2 is 1.74 bits per heavy atom. The van der Waals surface area contributed by atoms with Crippen molar-refractivity contribution >= 4 is 11.8 Å². The Labute approximate surface area is 184 Å². The predicted octanol–water partition coefficient (Wildman–Crippen LogP) is 2.75. The van der Waals surface area contributed by atoms with E-state index >= 15 is 0 Å². The lowest BCUT2D eigenvalue weighted by Gasteiger charge is -2.23. The van der Waals surface area contributed by atoms with Gasteiger partial charge in [-0.15, -0.1) is 0 Å². The minimum absolute atomic E-state index is 0.00984. The summed E-state index contributed by atoms with van der Waals surface area (Å²) in [6.07, 6.45) is 4.81. The maximum absolute atomic E-state index is 12.7. The Morgan fingerprint density at radius 1 is 1.00 bits per heavy atom. The maximum Gasteiger partial charge on any atom is 0.274 e. The van der Waals surface area contributed by atoms with Crippen LogP contribution >= 0.6 is 0 Å². The zero-order valence-electron chi connectivity index (χ0n) is 19.1. The molecule has 8 heteroatoms. The number of hydrogen-bond donors (Lipinski definition) is 0. The minimum atomic E-state index is -0.199. The standard InChI is InChI=1S/C23H32N4O4/c1-6-11-27(23(29)19-16-24-17(2)15-25-19)13-10-22(28)26(3)12-9-18-7-8-20(30-4)21(14-18)31-5/h7-8,14-16H,6,9-13H2,1-5H3. The normalized spacial score (nSPS) is 10.5. The van der Waals surface area contributed by atoms with E-state index in [4.69, 9.17) is 9.47 Å². The smallest absolute Gasteiger partial charge is 0.274 e. The second-order valence-corrected chi connectivity index (χ2v) is 7.34. The van der Waals surface area contributed by atoms with E-state index in [1.165, 1.54) is 6.20 Å². The molecule has 0 aliphatic rings. The molecule has 1 aromatic carbocycles. The lowest BCUT2D eigenvalue weighted by Crippen LogP contribution is -2.37. The maximum atomic E-state index is 12.7. The summed E-state index contributed by atoms with van der Waals surface area (Å²) in [6, 6.07) is 5.74. The third kappa shape index (κ3) is 6.94. The van der Waals surface area contributed by atoms with Gasteiger partial charge in [-0.2, -0.15) is 0 Å². The summed E-state index contributed by atoms with van der Waals surface area (Å²) in [4.78, 5) is 37.0. The number of rotatable bonds is 11. The van der Waals surface area contributed by atoms with Crippen molar-refractivity contribution in [2.45, 2.75) is 33.1 Å².